The Morgan fingerprint density at radius 1 is 1.18 bits per heavy atom. The van der Waals surface area contributed by atoms with Crippen LogP contribution in [0.25, 0.3) is 22.3 Å². The van der Waals surface area contributed by atoms with E-state index in [0.29, 0.717) is 43.5 Å². The maximum absolute atomic E-state index is 14.8. The lowest BCUT2D eigenvalue weighted by Crippen LogP contribution is -2.58. The fourth-order valence-corrected chi connectivity index (χ4v) is 8.01. The molecule has 11 nitrogen and oxygen atoms in total. The van der Waals surface area contributed by atoms with Crippen LogP contribution in [-0.4, -0.2) is 92.6 Å². The maximum atomic E-state index is 14.8. The van der Waals surface area contributed by atoms with E-state index in [2.05, 4.69) is 62.1 Å². The minimum atomic E-state index is -0.673. The Labute approximate surface area is 292 Å². The summed E-state index contributed by atoms with van der Waals surface area (Å²) in [7, 11) is 3.87. The van der Waals surface area contributed by atoms with E-state index >= 15 is 0 Å². The van der Waals surface area contributed by atoms with Crippen LogP contribution in [0.5, 0.6) is 0 Å². The topological polar surface area (TPSA) is 109 Å². The van der Waals surface area contributed by atoms with Crippen LogP contribution < -0.4 is 10.2 Å². The van der Waals surface area contributed by atoms with Crippen molar-refractivity contribution < 1.29 is 18.7 Å². The van der Waals surface area contributed by atoms with E-state index in [0.717, 1.165) is 47.2 Å². The summed E-state index contributed by atoms with van der Waals surface area (Å²) in [5.74, 6) is 0.176. The Morgan fingerprint density at radius 2 is 1.92 bits per heavy atom. The number of pyridine rings is 2. The van der Waals surface area contributed by atoms with Crippen LogP contribution in [0, 0.1) is 5.82 Å². The van der Waals surface area contributed by atoms with Gasteiger partial charge in [0.05, 0.1) is 40.4 Å². The minimum absolute atomic E-state index is 0.0408. The Bertz CT molecular complexity index is 1940. The number of aromatic nitrogens is 4. The highest BCUT2D eigenvalue weighted by Gasteiger charge is 2.55. The molecule has 7 rings (SSSR count). The van der Waals surface area contributed by atoms with Gasteiger partial charge in [-0.2, -0.15) is 0 Å². The van der Waals surface area contributed by atoms with Gasteiger partial charge in [-0.1, -0.05) is 12.1 Å². The van der Waals surface area contributed by atoms with E-state index < -0.39 is 11.2 Å². The van der Waals surface area contributed by atoms with E-state index in [4.69, 9.17) is 14.7 Å². The number of nitrogens with one attached hydrogen (secondary N) is 1. The number of ether oxygens (including phenoxy) is 1. The van der Waals surface area contributed by atoms with Crippen LogP contribution >= 0.6 is 0 Å². The smallest absolute Gasteiger partial charge is 0.238 e. The first-order chi connectivity index (χ1) is 23.8. The van der Waals surface area contributed by atoms with Gasteiger partial charge in [-0.25, -0.2) is 14.4 Å². The van der Waals surface area contributed by atoms with Crippen molar-refractivity contribution in [2.24, 2.45) is 0 Å². The van der Waals surface area contributed by atoms with Crippen LogP contribution in [-0.2, 0) is 19.7 Å². The van der Waals surface area contributed by atoms with Crippen molar-refractivity contribution in [1.29, 1.82) is 0 Å². The van der Waals surface area contributed by atoms with E-state index in [9.17, 15) is 14.0 Å². The van der Waals surface area contributed by atoms with E-state index in [1.807, 2.05) is 26.5 Å². The number of anilines is 3. The van der Waals surface area contributed by atoms with Crippen LogP contribution in [0.3, 0.4) is 0 Å². The van der Waals surface area contributed by atoms with Gasteiger partial charge in [-0.3, -0.25) is 14.6 Å². The van der Waals surface area contributed by atoms with Gasteiger partial charge in [0.2, 0.25) is 11.8 Å². The lowest BCUT2D eigenvalue weighted by Gasteiger charge is -2.47. The van der Waals surface area contributed by atoms with E-state index in [-0.39, 0.29) is 35.2 Å². The molecule has 0 radical (unpaired) electrons. The predicted octanol–water partition coefficient (Wildman–Crippen LogP) is 6.07. The normalized spacial score (nSPS) is 20.2. The number of nitrogens with zero attached hydrogens (tertiary/aromatic N) is 7. The van der Waals surface area contributed by atoms with Gasteiger partial charge in [-0.15, -0.1) is 0 Å². The molecule has 2 amide bonds. The Morgan fingerprint density at radius 3 is 2.58 bits per heavy atom. The van der Waals surface area contributed by atoms with E-state index in [1.54, 1.807) is 26.4 Å². The highest BCUT2D eigenvalue weighted by atomic mass is 19.1. The number of carbonyl (C=O) groups is 2. The lowest BCUT2D eigenvalue weighted by molar-refractivity contribution is -0.134. The Hall–Kier alpha value is -4.42. The first kappa shape index (κ1) is 34.0. The number of halogens is 1. The second kappa shape index (κ2) is 12.7. The molecule has 3 aliphatic rings. The van der Waals surface area contributed by atoms with Crippen LogP contribution in [0.15, 0.2) is 49.1 Å². The molecule has 3 aromatic heterocycles. The molecule has 12 heteroatoms. The number of piperidine rings is 1. The molecular weight excluding hydrogens is 635 g/mol. The van der Waals surface area contributed by atoms with Gasteiger partial charge < -0.3 is 29.3 Å². The minimum Gasteiger partial charge on any atom is -0.377 e. The number of carbonyl (C=O) groups excluding carboxylic acids is 2. The predicted molar refractivity (Wildman–Crippen MR) is 192 cm³/mol. The zero-order valence-corrected chi connectivity index (χ0v) is 30.0. The third-order valence-electron chi connectivity index (χ3n) is 11.2. The Balaban J connectivity index is 1.28. The molecular formula is C38H47FN8O3. The molecule has 1 saturated carbocycles. The number of fused-ring (bicyclic) bond motifs is 3. The molecule has 1 aliphatic carbocycles. The SMILES string of the molecule is COC(C)(C)CN(C)[C@H]1C[C@@H](N2C(=O)C3(CCN(C(C)=O)CC3)c3ccc(-c4cc5ncn(C(C)C)c5c(Nc5ccncc5F)n4)cc32)C1. The number of hydrogen-bond acceptors (Lipinski definition) is 8. The van der Waals surface area contributed by atoms with E-state index in [1.165, 1.54) is 12.4 Å². The molecule has 1 saturated heterocycles. The van der Waals surface area contributed by atoms with Crippen molar-refractivity contribution in [3.8, 4) is 11.3 Å². The third-order valence-corrected chi connectivity index (χ3v) is 11.2. The van der Waals surface area contributed by atoms with Crippen molar-refractivity contribution in [2.45, 2.75) is 89.4 Å². The molecule has 1 spiro atoms. The summed E-state index contributed by atoms with van der Waals surface area (Å²) in [4.78, 5) is 46.8. The number of likely N-dealkylation sites (tertiary alicyclic amines) is 1. The van der Waals surface area contributed by atoms with Gasteiger partial charge >= 0.3 is 0 Å². The van der Waals surface area contributed by atoms with Crippen molar-refractivity contribution in [2.75, 3.05) is 44.0 Å². The summed E-state index contributed by atoms with van der Waals surface area (Å²) in [6.45, 7) is 11.8. The number of benzene rings is 1. The quantitative estimate of drug-likeness (QED) is 0.227. The number of hydrogen-bond donors (Lipinski definition) is 1. The number of rotatable bonds is 9. The molecule has 5 heterocycles. The van der Waals surface area contributed by atoms with Crippen molar-refractivity contribution in [3.05, 3.63) is 60.4 Å². The lowest BCUT2D eigenvalue weighted by atomic mass is 9.73. The molecule has 0 bridgehead atoms. The van der Waals surface area contributed by atoms with Crippen molar-refractivity contribution in [3.63, 3.8) is 0 Å². The molecule has 2 aliphatic heterocycles. The summed E-state index contributed by atoms with van der Waals surface area (Å²) in [6.07, 6.45) is 7.41. The number of likely N-dealkylation sites (N-methyl/N-ethyl adjacent to an activating group) is 1. The fourth-order valence-electron chi connectivity index (χ4n) is 8.01. The zero-order valence-electron chi connectivity index (χ0n) is 30.0. The van der Waals surface area contributed by atoms with Crippen LogP contribution in [0.4, 0.5) is 21.6 Å². The van der Waals surface area contributed by atoms with Crippen molar-refractivity contribution in [1.82, 2.24) is 29.3 Å². The standard InChI is InChI=1S/C38H47FN8O3/c1-23(2)46-22-41-32-19-31(43-35(34(32)46)42-30-10-13-40-20-29(30)39)25-8-9-28-33(16-25)47(27-17-26(18-27)44(6)21-37(4,5)50-7)36(49)38(28)11-14-45(15-12-38)24(3)48/h8-10,13,16,19-20,22-23,26-27H,11-12,14-15,17-18,21H2,1-7H3,(H,40,42,43)/t26-,27+. The molecule has 0 atom stereocenters. The second-order valence-electron chi connectivity index (χ2n) is 15.1. The molecule has 50 heavy (non-hydrogen) atoms. The van der Waals surface area contributed by atoms with Crippen LogP contribution in [0.1, 0.15) is 71.9 Å². The monoisotopic (exact) mass is 682 g/mol. The summed E-state index contributed by atoms with van der Waals surface area (Å²) >= 11 is 0. The van der Waals surface area contributed by atoms with Gasteiger partial charge in [0.25, 0.3) is 0 Å². The highest BCUT2D eigenvalue weighted by Crippen LogP contribution is 2.52. The maximum Gasteiger partial charge on any atom is 0.238 e. The highest BCUT2D eigenvalue weighted by molar-refractivity contribution is 6.09. The summed E-state index contributed by atoms with van der Waals surface area (Å²) in [5, 5.41) is 3.21. The summed E-state index contributed by atoms with van der Waals surface area (Å²) in [5.41, 5.74) is 4.27. The van der Waals surface area contributed by atoms with Crippen LogP contribution in [0.2, 0.25) is 0 Å². The Kier molecular flexibility index (Phi) is 8.66. The summed E-state index contributed by atoms with van der Waals surface area (Å²) < 4.78 is 22.5. The van der Waals surface area contributed by atoms with Gasteiger partial charge in [0.15, 0.2) is 11.6 Å². The largest absolute Gasteiger partial charge is 0.377 e. The molecule has 1 N–H and O–H groups in total. The first-order valence-electron chi connectivity index (χ1n) is 17.6. The molecule has 1 aromatic carbocycles. The molecule has 2 fully saturated rings. The first-order valence-corrected chi connectivity index (χ1v) is 17.6. The fraction of sp³-hybridized carbons (Fsp3) is 0.500. The van der Waals surface area contributed by atoms with Gasteiger partial charge in [-0.05, 0) is 84.2 Å². The average Bonchev–Trinajstić information content (AvgIpc) is 3.59. The summed E-state index contributed by atoms with van der Waals surface area (Å²) in [6, 6.07) is 10.3. The van der Waals surface area contributed by atoms with Crippen molar-refractivity contribution >= 4 is 40.0 Å². The molecule has 0 unspecified atom stereocenters. The molecule has 4 aromatic rings. The number of methoxy groups -OCH3 is 1. The van der Waals surface area contributed by atoms with Gasteiger partial charge in [0, 0.05) is 69.2 Å². The molecule has 264 valence electrons. The second-order valence-corrected chi connectivity index (χ2v) is 15.1. The zero-order chi connectivity index (χ0) is 35.5. The van der Waals surface area contributed by atoms with Gasteiger partial charge in [0.1, 0.15) is 5.52 Å². The average molecular weight is 683 g/mol. The number of amides is 2. The third kappa shape index (κ3) is 5.81. The number of imidazole rings is 1.